The van der Waals surface area contributed by atoms with Gasteiger partial charge in [-0.2, -0.15) is 0 Å². The molecule has 10 heteroatoms. The number of amides is 1. The number of hydrogen-bond donors (Lipinski definition) is 0. The van der Waals surface area contributed by atoms with Crippen LogP contribution in [0.5, 0.6) is 0 Å². The Morgan fingerprint density at radius 2 is 1.94 bits per heavy atom. The lowest BCUT2D eigenvalue weighted by Gasteiger charge is -2.32. The van der Waals surface area contributed by atoms with Gasteiger partial charge < -0.3 is 9.47 Å². The first-order valence-electron chi connectivity index (χ1n) is 10.3. The molecule has 1 amide bonds. The second kappa shape index (κ2) is 10.4. The fourth-order valence-corrected chi connectivity index (χ4v) is 4.38. The fraction of sp³-hybridized carbons (Fsp3) is 0.545. The lowest BCUT2D eigenvalue weighted by molar-refractivity contribution is 0.0111. The molecule has 0 aliphatic carbocycles. The summed E-state index contributed by atoms with van der Waals surface area (Å²) in [6.45, 7) is 10.9. The van der Waals surface area contributed by atoms with E-state index in [2.05, 4.69) is 24.6 Å². The van der Waals surface area contributed by atoms with Gasteiger partial charge >= 0.3 is 6.09 Å². The van der Waals surface area contributed by atoms with Gasteiger partial charge in [0.15, 0.2) is 16.8 Å². The quantitative estimate of drug-likeness (QED) is 0.257. The second-order valence-electron chi connectivity index (χ2n) is 9.73. The van der Waals surface area contributed by atoms with Crippen molar-refractivity contribution in [3.05, 3.63) is 46.9 Å². The Morgan fingerprint density at radius 3 is 2.53 bits per heavy atom. The molecule has 1 aliphatic rings. The number of hydrogen-bond acceptors (Lipinski definition) is 5. The van der Waals surface area contributed by atoms with E-state index in [-0.39, 0.29) is 17.5 Å². The summed E-state index contributed by atoms with van der Waals surface area (Å²) >= 11 is 1.05. The van der Waals surface area contributed by atoms with E-state index in [9.17, 15) is 18.0 Å². The Bertz CT molecular complexity index is 884. The summed E-state index contributed by atoms with van der Waals surface area (Å²) in [4.78, 5) is 18.4. The number of halogens is 3. The normalized spacial score (nSPS) is 19.0. The summed E-state index contributed by atoms with van der Waals surface area (Å²) in [7, 11) is -1.35. The third-order valence-corrected chi connectivity index (χ3v) is 6.99. The molecule has 32 heavy (non-hydrogen) atoms. The molecule has 0 bridgehead atoms. The highest BCUT2D eigenvalue weighted by atomic mass is 32.2. The minimum Gasteiger partial charge on any atom is -0.443 e. The van der Waals surface area contributed by atoms with Gasteiger partial charge in [0.05, 0.1) is 0 Å². The molecule has 0 radical (unpaired) electrons. The Balaban J connectivity index is 2.38. The van der Waals surface area contributed by atoms with Gasteiger partial charge in [0.2, 0.25) is 0 Å². The molecule has 0 spiro atoms. The summed E-state index contributed by atoms with van der Waals surface area (Å²) in [6, 6.07) is 4.41. The SMILES string of the molecule is CC(C)(C)OC(=O)N(COCC[Si](C)(C)C)C1=N[C@](CF)(c2cccc(F)c2F)C=CS1. The zero-order valence-corrected chi connectivity index (χ0v) is 21.2. The standard InChI is InChI=1S/C22H31F3N2O3SSi/c1-21(2,3)30-20(28)27(15-29-11-13-32(4,5)6)19-26-22(14-23,10-12-31-19)16-8-7-9-17(24)18(16)25/h7-10,12H,11,13-15H2,1-6H3/t22-/m1/s1. The molecule has 1 heterocycles. The highest BCUT2D eigenvalue weighted by Crippen LogP contribution is 2.37. The predicted molar refractivity (Wildman–Crippen MR) is 125 cm³/mol. The van der Waals surface area contributed by atoms with Gasteiger partial charge in [0.25, 0.3) is 0 Å². The zero-order valence-electron chi connectivity index (χ0n) is 19.4. The van der Waals surface area contributed by atoms with Crippen molar-refractivity contribution in [1.82, 2.24) is 4.90 Å². The molecule has 0 saturated heterocycles. The van der Waals surface area contributed by atoms with Gasteiger partial charge in [-0.3, -0.25) is 0 Å². The summed E-state index contributed by atoms with van der Waals surface area (Å²) in [6.07, 6.45) is 0.637. The molecular weight excluding hydrogens is 457 g/mol. The van der Waals surface area contributed by atoms with Crippen molar-refractivity contribution < 1.29 is 27.4 Å². The summed E-state index contributed by atoms with van der Waals surface area (Å²) in [5.74, 6) is -2.28. The maximum atomic E-state index is 14.5. The number of carbonyl (C=O) groups is 1. The first kappa shape index (κ1) is 26.5. The number of nitrogens with zero attached hydrogens (tertiary/aromatic N) is 2. The van der Waals surface area contributed by atoms with Crippen molar-refractivity contribution in [1.29, 1.82) is 0 Å². The highest BCUT2D eigenvalue weighted by Gasteiger charge is 2.38. The molecule has 0 saturated carbocycles. The van der Waals surface area contributed by atoms with Crippen LogP contribution in [0.2, 0.25) is 25.7 Å². The molecule has 0 N–H and O–H groups in total. The maximum Gasteiger partial charge on any atom is 0.418 e. The molecule has 2 rings (SSSR count). The Morgan fingerprint density at radius 1 is 1.25 bits per heavy atom. The zero-order chi connectivity index (χ0) is 24.2. The number of alkyl halides is 1. The first-order valence-corrected chi connectivity index (χ1v) is 14.9. The van der Waals surface area contributed by atoms with Crippen LogP contribution in [0.4, 0.5) is 18.0 Å². The molecule has 178 valence electrons. The van der Waals surface area contributed by atoms with Crippen molar-refractivity contribution in [2.75, 3.05) is 20.0 Å². The molecule has 1 atom stereocenters. The lowest BCUT2D eigenvalue weighted by atomic mass is 9.91. The number of ether oxygens (including phenoxy) is 2. The van der Waals surface area contributed by atoms with Crippen molar-refractivity contribution in [3.8, 4) is 0 Å². The van der Waals surface area contributed by atoms with Crippen LogP contribution in [0.25, 0.3) is 0 Å². The number of aliphatic imine (C=N–C) groups is 1. The fourth-order valence-electron chi connectivity index (χ4n) is 2.74. The molecule has 0 unspecified atom stereocenters. The van der Waals surface area contributed by atoms with Crippen LogP contribution < -0.4 is 0 Å². The Hall–Kier alpha value is -1.78. The minimum absolute atomic E-state index is 0.0797. The summed E-state index contributed by atoms with van der Waals surface area (Å²) in [5, 5.41) is 1.59. The maximum absolute atomic E-state index is 14.5. The Kier molecular flexibility index (Phi) is 8.63. The number of carbonyl (C=O) groups excluding carboxylic acids is 1. The van der Waals surface area contributed by atoms with Crippen molar-refractivity contribution >= 4 is 31.1 Å². The van der Waals surface area contributed by atoms with Crippen LogP contribution in [-0.4, -0.2) is 49.8 Å². The number of rotatable bonds is 7. The molecule has 1 aromatic carbocycles. The van der Waals surface area contributed by atoms with Crippen LogP contribution in [-0.2, 0) is 15.0 Å². The van der Waals surface area contributed by atoms with E-state index >= 15 is 0 Å². The smallest absolute Gasteiger partial charge is 0.418 e. The average Bonchev–Trinajstić information content (AvgIpc) is 2.67. The molecule has 0 aromatic heterocycles. The van der Waals surface area contributed by atoms with Crippen molar-refractivity contribution in [2.24, 2.45) is 4.99 Å². The average molecular weight is 489 g/mol. The second-order valence-corrected chi connectivity index (χ2v) is 16.2. The summed E-state index contributed by atoms with van der Waals surface area (Å²) < 4.78 is 53.8. The van der Waals surface area contributed by atoms with E-state index in [1.165, 1.54) is 23.6 Å². The summed E-state index contributed by atoms with van der Waals surface area (Å²) in [5.41, 5.74) is -2.83. The largest absolute Gasteiger partial charge is 0.443 e. The van der Waals surface area contributed by atoms with Crippen molar-refractivity contribution in [3.63, 3.8) is 0 Å². The topological polar surface area (TPSA) is 51.1 Å². The molecule has 5 nitrogen and oxygen atoms in total. The molecular formula is C22H31F3N2O3SSi. The third kappa shape index (κ3) is 7.11. The van der Waals surface area contributed by atoms with Gasteiger partial charge in [0.1, 0.15) is 24.5 Å². The minimum atomic E-state index is -1.80. The first-order chi connectivity index (χ1) is 14.8. The van der Waals surface area contributed by atoms with Gasteiger partial charge in [-0.1, -0.05) is 43.5 Å². The van der Waals surface area contributed by atoms with Gasteiger partial charge in [-0.25, -0.2) is 27.9 Å². The van der Waals surface area contributed by atoms with E-state index < -0.39 is 43.6 Å². The lowest BCUT2D eigenvalue weighted by Crippen LogP contribution is -2.43. The monoisotopic (exact) mass is 488 g/mol. The van der Waals surface area contributed by atoms with Crippen LogP contribution in [0.15, 0.2) is 34.7 Å². The number of thioether (sulfide) groups is 1. The highest BCUT2D eigenvalue weighted by molar-refractivity contribution is 8.16. The van der Waals surface area contributed by atoms with Gasteiger partial charge in [-0.05, 0) is 44.4 Å². The molecule has 1 aromatic rings. The van der Waals surface area contributed by atoms with Gasteiger partial charge in [-0.15, -0.1) is 0 Å². The van der Waals surface area contributed by atoms with E-state index in [1.54, 1.807) is 20.8 Å². The number of benzene rings is 1. The Labute approximate surface area is 193 Å². The van der Waals surface area contributed by atoms with E-state index in [4.69, 9.17) is 9.47 Å². The van der Waals surface area contributed by atoms with Crippen LogP contribution in [0.3, 0.4) is 0 Å². The number of amidine groups is 1. The van der Waals surface area contributed by atoms with E-state index in [1.807, 2.05) is 0 Å². The van der Waals surface area contributed by atoms with Crippen LogP contribution in [0.1, 0.15) is 26.3 Å². The van der Waals surface area contributed by atoms with Crippen LogP contribution >= 0.6 is 11.8 Å². The molecule has 0 fully saturated rings. The van der Waals surface area contributed by atoms with E-state index in [0.29, 0.717) is 6.61 Å². The van der Waals surface area contributed by atoms with Crippen LogP contribution in [0, 0.1) is 11.6 Å². The van der Waals surface area contributed by atoms with Crippen molar-refractivity contribution in [2.45, 2.75) is 57.6 Å². The predicted octanol–water partition coefficient (Wildman–Crippen LogP) is 6.30. The van der Waals surface area contributed by atoms with Gasteiger partial charge in [0, 0.05) is 20.2 Å². The third-order valence-electron chi connectivity index (χ3n) is 4.50. The molecule has 1 aliphatic heterocycles. The van der Waals surface area contributed by atoms with E-state index in [0.717, 1.165) is 28.8 Å².